The van der Waals surface area contributed by atoms with Crippen LogP contribution in [0.25, 0.3) is 6.08 Å². The molecule has 1 aromatic rings. The number of amides is 1. The average molecular weight is 281 g/mol. The lowest BCUT2D eigenvalue weighted by Crippen LogP contribution is -2.43. The van der Waals surface area contributed by atoms with Crippen molar-refractivity contribution < 1.29 is 23.8 Å². The van der Waals surface area contributed by atoms with Crippen LogP contribution in [-0.2, 0) is 14.3 Å². The van der Waals surface area contributed by atoms with Gasteiger partial charge in [-0.1, -0.05) is 24.3 Å². The molecule has 0 aromatic heterocycles. The summed E-state index contributed by atoms with van der Waals surface area (Å²) < 4.78 is 17.4. The van der Waals surface area contributed by atoms with Crippen molar-refractivity contribution in [1.29, 1.82) is 0 Å². The van der Waals surface area contributed by atoms with Gasteiger partial charge in [0, 0.05) is 13.5 Å². The second-order valence-electron chi connectivity index (χ2n) is 4.07. The Bertz CT molecular complexity index is 484. The number of hydrogen-bond donors (Lipinski definition) is 2. The Kier molecular flexibility index (Phi) is 6.39. The Hall–Kier alpha value is -2.21. The number of ether oxygens (including phenoxy) is 1. The second kappa shape index (κ2) is 8.06. The maximum Gasteiger partial charge on any atom is 0.328 e. The highest BCUT2D eigenvalue weighted by Crippen LogP contribution is 2.05. The Labute approximate surface area is 116 Å². The first-order valence-electron chi connectivity index (χ1n) is 5.96. The van der Waals surface area contributed by atoms with Crippen LogP contribution >= 0.6 is 0 Å². The van der Waals surface area contributed by atoms with Crippen LogP contribution in [0.15, 0.2) is 30.3 Å². The minimum Gasteiger partial charge on any atom is -0.480 e. The van der Waals surface area contributed by atoms with Gasteiger partial charge in [-0.3, -0.25) is 4.79 Å². The Morgan fingerprint density at radius 2 is 2.05 bits per heavy atom. The number of aliphatic carboxylic acids is 1. The maximum absolute atomic E-state index is 12.7. The number of nitrogens with one attached hydrogen (secondary N) is 1. The molecule has 0 heterocycles. The molecule has 1 rings (SSSR count). The number of hydrogen-bond acceptors (Lipinski definition) is 3. The predicted molar refractivity (Wildman–Crippen MR) is 71.5 cm³/mol. The van der Waals surface area contributed by atoms with E-state index in [9.17, 15) is 14.0 Å². The summed E-state index contributed by atoms with van der Waals surface area (Å²) in [4.78, 5) is 22.3. The number of carbonyl (C=O) groups excluding carboxylic acids is 1. The van der Waals surface area contributed by atoms with Gasteiger partial charge in [0.15, 0.2) is 6.04 Å². The second-order valence-corrected chi connectivity index (χ2v) is 4.07. The number of benzene rings is 1. The van der Waals surface area contributed by atoms with Crippen molar-refractivity contribution in [3.63, 3.8) is 0 Å². The highest BCUT2D eigenvalue weighted by Gasteiger charge is 2.18. The number of methoxy groups -OCH3 is 1. The Balaban J connectivity index is 2.46. The summed E-state index contributed by atoms with van der Waals surface area (Å²) in [5.74, 6) is -1.90. The summed E-state index contributed by atoms with van der Waals surface area (Å²) in [5, 5.41) is 11.2. The summed E-state index contributed by atoms with van der Waals surface area (Å²) in [6.07, 6.45) is 3.27. The van der Waals surface area contributed by atoms with Crippen LogP contribution in [0.3, 0.4) is 0 Å². The predicted octanol–water partition coefficient (Wildman–Crippen LogP) is 1.44. The van der Waals surface area contributed by atoms with Gasteiger partial charge in [0.2, 0.25) is 5.91 Å². The van der Waals surface area contributed by atoms with Gasteiger partial charge in [-0.25, -0.2) is 9.18 Å². The molecule has 2 N–H and O–H groups in total. The first kappa shape index (κ1) is 15.8. The van der Waals surface area contributed by atoms with Gasteiger partial charge in [-0.2, -0.15) is 0 Å². The molecule has 20 heavy (non-hydrogen) atoms. The molecule has 0 radical (unpaired) electrons. The van der Waals surface area contributed by atoms with Gasteiger partial charge in [-0.05, 0) is 17.7 Å². The van der Waals surface area contributed by atoms with Crippen LogP contribution in [0.5, 0.6) is 0 Å². The van der Waals surface area contributed by atoms with Crippen LogP contribution in [0, 0.1) is 5.82 Å². The molecule has 1 unspecified atom stereocenters. The first-order valence-corrected chi connectivity index (χ1v) is 5.96. The number of halogens is 1. The lowest BCUT2D eigenvalue weighted by atomic mass is 10.2. The van der Waals surface area contributed by atoms with Crippen molar-refractivity contribution in [3.8, 4) is 0 Å². The monoisotopic (exact) mass is 281 g/mol. The minimum atomic E-state index is -1.15. The molecule has 0 aliphatic rings. The third-order valence-corrected chi connectivity index (χ3v) is 2.45. The molecule has 0 aliphatic carbocycles. The molecule has 0 fully saturated rings. The van der Waals surface area contributed by atoms with E-state index in [0.717, 1.165) is 5.56 Å². The van der Waals surface area contributed by atoms with Gasteiger partial charge in [0.1, 0.15) is 5.82 Å². The van der Waals surface area contributed by atoms with Crippen molar-refractivity contribution in [3.05, 3.63) is 41.7 Å². The summed E-state index contributed by atoms with van der Waals surface area (Å²) in [5.41, 5.74) is 0.755. The van der Waals surface area contributed by atoms with E-state index < -0.39 is 17.9 Å². The molecule has 6 heteroatoms. The maximum atomic E-state index is 12.7. The van der Waals surface area contributed by atoms with Gasteiger partial charge in [-0.15, -0.1) is 0 Å². The summed E-state index contributed by atoms with van der Waals surface area (Å²) in [6, 6.07) is 4.73. The van der Waals surface area contributed by atoms with Crippen molar-refractivity contribution in [2.24, 2.45) is 0 Å². The van der Waals surface area contributed by atoms with E-state index in [1.54, 1.807) is 24.3 Å². The molecule has 5 nitrogen and oxygen atoms in total. The molecular weight excluding hydrogens is 265 g/mol. The number of rotatable bonds is 7. The van der Waals surface area contributed by atoms with Gasteiger partial charge in [0.25, 0.3) is 0 Å². The van der Waals surface area contributed by atoms with Crippen LogP contribution in [0.4, 0.5) is 4.39 Å². The highest BCUT2D eigenvalue weighted by atomic mass is 19.1. The summed E-state index contributed by atoms with van der Waals surface area (Å²) in [6.45, 7) is -0.0945. The molecule has 1 aromatic carbocycles. The van der Waals surface area contributed by atoms with E-state index in [1.165, 1.54) is 19.2 Å². The van der Waals surface area contributed by atoms with E-state index in [2.05, 4.69) is 5.32 Å². The summed E-state index contributed by atoms with van der Waals surface area (Å²) in [7, 11) is 1.36. The van der Waals surface area contributed by atoms with Crippen LogP contribution < -0.4 is 5.32 Å². The zero-order valence-electron chi connectivity index (χ0n) is 11.0. The van der Waals surface area contributed by atoms with Crippen molar-refractivity contribution in [1.82, 2.24) is 5.32 Å². The van der Waals surface area contributed by atoms with E-state index in [1.807, 2.05) is 0 Å². The Morgan fingerprint density at radius 1 is 1.40 bits per heavy atom. The normalized spacial score (nSPS) is 12.3. The molecule has 1 amide bonds. The molecule has 0 bridgehead atoms. The standard InChI is InChI=1S/C14H16FNO4/c1-20-9-12(14(18)19)16-13(17)4-2-3-10-5-7-11(15)8-6-10/h2-3,5-8,12H,4,9H2,1H3,(H,16,17)(H,18,19)/b3-2+. The fraction of sp³-hybridized carbons (Fsp3) is 0.286. The third kappa shape index (κ3) is 5.62. The van der Waals surface area contributed by atoms with Crippen LogP contribution in [0.2, 0.25) is 0 Å². The lowest BCUT2D eigenvalue weighted by Gasteiger charge is -2.12. The van der Waals surface area contributed by atoms with E-state index in [4.69, 9.17) is 9.84 Å². The largest absolute Gasteiger partial charge is 0.480 e. The lowest BCUT2D eigenvalue weighted by molar-refractivity contribution is -0.143. The van der Waals surface area contributed by atoms with Crippen molar-refractivity contribution >= 4 is 18.0 Å². The molecule has 108 valence electrons. The zero-order valence-corrected chi connectivity index (χ0v) is 11.0. The molecule has 1 atom stereocenters. The molecule has 0 aliphatic heterocycles. The fourth-order valence-corrected chi connectivity index (χ4v) is 1.47. The molecular formula is C14H16FNO4. The third-order valence-electron chi connectivity index (χ3n) is 2.45. The van der Waals surface area contributed by atoms with E-state index in [0.29, 0.717) is 0 Å². The average Bonchev–Trinajstić information content (AvgIpc) is 2.40. The first-order chi connectivity index (χ1) is 9.52. The van der Waals surface area contributed by atoms with Crippen molar-refractivity contribution in [2.75, 3.05) is 13.7 Å². The minimum absolute atomic E-state index is 0.0326. The highest BCUT2D eigenvalue weighted by molar-refractivity contribution is 5.84. The quantitative estimate of drug-likeness (QED) is 0.793. The zero-order chi connectivity index (χ0) is 15.0. The fourth-order valence-electron chi connectivity index (χ4n) is 1.47. The van der Waals surface area contributed by atoms with E-state index >= 15 is 0 Å². The van der Waals surface area contributed by atoms with Crippen LogP contribution in [0.1, 0.15) is 12.0 Å². The summed E-state index contributed by atoms with van der Waals surface area (Å²) >= 11 is 0. The number of carbonyl (C=O) groups is 2. The molecule has 0 saturated carbocycles. The number of carboxylic acid groups (broad SMARTS) is 1. The smallest absolute Gasteiger partial charge is 0.328 e. The van der Waals surface area contributed by atoms with Crippen LogP contribution in [-0.4, -0.2) is 36.7 Å². The van der Waals surface area contributed by atoms with Gasteiger partial charge < -0.3 is 15.2 Å². The van der Waals surface area contributed by atoms with Gasteiger partial charge >= 0.3 is 5.97 Å². The molecule has 0 spiro atoms. The SMILES string of the molecule is COCC(NC(=O)C/C=C/c1ccc(F)cc1)C(=O)O. The Morgan fingerprint density at radius 3 is 2.60 bits per heavy atom. The van der Waals surface area contributed by atoms with Crippen molar-refractivity contribution in [2.45, 2.75) is 12.5 Å². The van der Waals surface area contributed by atoms with E-state index in [-0.39, 0.29) is 18.8 Å². The molecule has 0 saturated heterocycles. The van der Waals surface area contributed by atoms with Gasteiger partial charge in [0.05, 0.1) is 6.61 Å². The number of carboxylic acids is 1. The topological polar surface area (TPSA) is 75.6 Å².